The van der Waals surface area contributed by atoms with E-state index in [-0.39, 0.29) is 30.8 Å². The molecule has 31 heavy (non-hydrogen) atoms. The van der Waals surface area contributed by atoms with Gasteiger partial charge >= 0.3 is 6.09 Å². The van der Waals surface area contributed by atoms with Crippen LogP contribution in [0.15, 0.2) is 35.7 Å². The predicted octanol–water partition coefficient (Wildman–Crippen LogP) is 2.88. The van der Waals surface area contributed by atoms with Crippen molar-refractivity contribution < 1.29 is 23.9 Å². The van der Waals surface area contributed by atoms with Crippen molar-refractivity contribution in [3.8, 4) is 0 Å². The van der Waals surface area contributed by atoms with Crippen LogP contribution in [0.5, 0.6) is 0 Å². The summed E-state index contributed by atoms with van der Waals surface area (Å²) < 4.78 is 5.45. The molecule has 3 aliphatic rings. The van der Waals surface area contributed by atoms with Crippen molar-refractivity contribution in [2.45, 2.75) is 31.9 Å². The van der Waals surface area contributed by atoms with Crippen molar-refractivity contribution in [3.63, 3.8) is 0 Å². The van der Waals surface area contributed by atoms with Crippen LogP contribution in [0.25, 0.3) is 0 Å². The molecule has 8 nitrogen and oxygen atoms in total. The molecule has 9 heteroatoms. The lowest BCUT2D eigenvalue weighted by Crippen LogP contribution is -2.38. The fourth-order valence-corrected chi connectivity index (χ4v) is 5.15. The molecule has 0 saturated carbocycles. The Morgan fingerprint density at radius 1 is 1.03 bits per heavy atom. The third-order valence-corrected chi connectivity index (χ3v) is 6.84. The Bertz CT molecular complexity index is 1050. The summed E-state index contributed by atoms with van der Waals surface area (Å²) in [5, 5.41) is 2.68. The second-order valence-electron chi connectivity index (χ2n) is 7.95. The zero-order valence-electron chi connectivity index (χ0n) is 16.8. The highest BCUT2D eigenvalue weighted by atomic mass is 32.1. The third kappa shape index (κ3) is 3.59. The maximum atomic E-state index is 12.6. The van der Waals surface area contributed by atoms with E-state index < -0.39 is 12.2 Å². The number of anilines is 1. The monoisotopic (exact) mass is 439 g/mol. The number of benzene rings is 1. The van der Waals surface area contributed by atoms with Crippen LogP contribution in [-0.2, 0) is 16.1 Å². The van der Waals surface area contributed by atoms with Crippen molar-refractivity contribution in [2.75, 3.05) is 24.5 Å². The van der Waals surface area contributed by atoms with Crippen LogP contribution in [0.2, 0.25) is 0 Å². The number of fused-ring (bicyclic) bond motifs is 1. The first kappa shape index (κ1) is 19.7. The molecule has 0 spiro atoms. The number of cyclic esters (lactones) is 1. The summed E-state index contributed by atoms with van der Waals surface area (Å²) in [6.07, 6.45) is 1.46. The lowest BCUT2D eigenvalue weighted by atomic mass is 10.1. The van der Waals surface area contributed by atoms with E-state index in [2.05, 4.69) is 0 Å². The van der Waals surface area contributed by atoms with E-state index >= 15 is 0 Å². The highest BCUT2D eigenvalue weighted by Gasteiger charge is 2.41. The van der Waals surface area contributed by atoms with Crippen LogP contribution in [0.3, 0.4) is 0 Å². The van der Waals surface area contributed by atoms with Crippen LogP contribution in [0, 0.1) is 0 Å². The highest BCUT2D eigenvalue weighted by molar-refractivity contribution is 7.14. The molecule has 0 radical (unpaired) electrons. The zero-order chi connectivity index (χ0) is 21.5. The van der Waals surface area contributed by atoms with E-state index in [0.29, 0.717) is 24.1 Å². The molecule has 1 aromatic heterocycles. The standard InChI is InChI=1S/C22H21N3O5S/c26-18-7-3-4-8-23(18)10-14-9-19(31-13-14)24-11-15(30-22(24)29)12-25-20(27)16-5-1-2-6-17(16)21(25)28/h1-2,5-6,9,13,15H,3-4,7-8,10-12H2/t15-/m1/s1. The van der Waals surface area contributed by atoms with Gasteiger partial charge in [-0.1, -0.05) is 12.1 Å². The number of hydrogen-bond donors (Lipinski definition) is 0. The van der Waals surface area contributed by atoms with E-state index in [9.17, 15) is 19.2 Å². The van der Waals surface area contributed by atoms with Crippen LogP contribution < -0.4 is 4.90 Å². The normalized spacial score (nSPS) is 21.2. The Labute approximate surface area is 183 Å². The summed E-state index contributed by atoms with van der Waals surface area (Å²) in [5.41, 5.74) is 1.74. The first-order chi connectivity index (χ1) is 15.0. The van der Waals surface area contributed by atoms with Crippen molar-refractivity contribution in [1.82, 2.24) is 9.80 Å². The Balaban J connectivity index is 1.24. The Hall–Kier alpha value is -3.20. The van der Waals surface area contributed by atoms with E-state index in [0.717, 1.165) is 34.9 Å². The van der Waals surface area contributed by atoms with Crippen LogP contribution in [0.4, 0.5) is 9.80 Å². The second kappa shape index (κ2) is 7.81. The molecule has 0 aliphatic carbocycles. The molecule has 2 fully saturated rings. The minimum atomic E-state index is -0.594. The quantitative estimate of drug-likeness (QED) is 0.669. The molecule has 160 valence electrons. The van der Waals surface area contributed by atoms with E-state index in [1.807, 2.05) is 16.3 Å². The number of carbonyl (C=O) groups excluding carboxylic acids is 4. The summed E-state index contributed by atoms with van der Waals surface area (Å²) in [6, 6.07) is 8.59. The lowest BCUT2D eigenvalue weighted by molar-refractivity contribution is -0.133. The van der Waals surface area contributed by atoms with Gasteiger partial charge in [-0.05, 0) is 42.0 Å². The van der Waals surface area contributed by atoms with E-state index in [1.165, 1.54) is 16.2 Å². The first-order valence-electron chi connectivity index (χ1n) is 10.3. The number of rotatable bonds is 5. The van der Waals surface area contributed by atoms with Gasteiger partial charge in [-0.3, -0.25) is 24.2 Å². The molecule has 0 N–H and O–H groups in total. The topological polar surface area (TPSA) is 87.2 Å². The molecule has 4 heterocycles. The summed E-state index contributed by atoms with van der Waals surface area (Å²) in [7, 11) is 0. The van der Waals surface area contributed by atoms with Gasteiger partial charge in [0, 0.05) is 19.5 Å². The third-order valence-electron chi connectivity index (χ3n) is 5.84. The Morgan fingerprint density at radius 2 is 1.77 bits per heavy atom. The van der Waals surface area contributed by atoms with Gasteiger partial charge in [-0.15, -0.1) is 11.3 Å². The number of amides is 4. The number of piperidine rings is 1. The van der Waals surface area contributed by atoms with Gasteiger partial charge in [0.1, 0.15) is 11.1 Å². The number of hydrogen-bond acceptors (Lipinski definition) is 6. The summed E-state index contributed by atoms with van der Waals surface area (Å²) >= 11 is 1.42. The van der Waals surface area contributed by atoms with E-state index in [4.69, 9.17) is 4.74 Å². The maximum absolute atomic E-state index is 12.6. The highest BCUT2D eigenvalue weighted by Crippen LogP contribution is 2.31. The number of imide groups is 1. The molecule has 2 aromatic rings. The molecule has 5 rings (SSSR count). The van der Waals surface area contributed by atoms with E-state index in [1.54, 1.807) is 24.3 Å². The smallest absolute Gasteiger partial charge is 0.415 e. The van der Waals surface area contributed by atoms with Crippen LogP contribution in [0.1, 0.15) is 45.5 Å². The van der Waals surface area contributed by atoms with Gasteiger partial charge in [0.2, 0.25) is 5.91 Å². The minimum Gasteiger partial charge on any atom is -0.442 e. The molecular formula is C22H21N3O5S. The number of ether oxygens (including phenoxy) is 1. The molecule has 1 aromatic carbocycles. The number of nitrogens with zero attached hydrogens (tertiary/aromatic N) is 3. The fourth-order valence-electron chi connectivity index (χ4n) is 4.24. The molecule has 1 atom stereocenters. The maximum Gasteiger partial charge on any atom is 0.415 e. The zero-order valence-corrected chi connectivity index (χ0v) is 17.6. The van der Waals surface area contributed by atoms with Crippen molar-refractivity contribution in [1.29, 1.82) is 0 Å². The average Bonchev–Trinajstić information content (AvgIpc) is 3.44. The number of carbonyl (C=O) groups is 4. The molecule has 0 bridgehead atoms. The number of likely N-dealkylation sites (tertiary alicyclic amines) is 1. The lowest BCUT2D eigenvalue weighted by Gasteiger charge is -2.26. The Kier molecular flexibility index (Phi) is 4.97. The van der Waals surface area contributed by atoms with Crippen molar-refractivity contribution >= 4 is 40.2 Å². The van der Waals surface area contributed by atoms with Crippen LogP contribution >= 0.6 is 11.3 Å². The van der Waals surface area contributed by atoms with Gasteiger partial charge in [-0.2, -0.15) is 0 Å². The average molecular weight is 439 g/mol. The summed E-state index contributed by atoms with van der Waals surface area (Å²) in [5.74, 6) is -0.556. The largest absolute Gasteiger partial charge is 0.442 e. The van der Waals surface area contributed by atoms with Gasteiger partial charge in [-0.25, -0.2) is 4.79 Å². The summed E-state index contributed by atoms with van der Waals surface area (Å²) in [4.78, 5) is 54.1. The molecular weight excluding hydrogens is 418 g/mol. The molecule has 3 aliphatic heterocycles. The van der Waals surface area contributed by atoms with Crippen LogP contribution in [-0.4, -0.2) is 59.4 Å². The van der Waals surface area contributed by atoms with Gasteiger partial charge in [0.05, 0.1) is 24.2 Å². The first-order valence-corrected chi connectivity index (χ1v) is 11.2. The van der Waals surface area contributed by atoms with Gasteiger partial charge in [0.15, 0.2) is 0 Å². The predicted molar refractivity (Wildman–Crippen MR) is 113 cm³/mol. The Morgan fingerprint density at radius 3 is 2.48 bits per heavy atom. The molecule has 2 saturated heterocycles. The molecule has 4 amide bonds. The van der Waals surface area contributed by atoms with Gasteiger partial charge in [0.25, 0.3) is 11.8 Å². The second-order valence-corrected chi connectivity index (χ2v) is 8.84. The fraction of sp³-hybridized carbons (Fsp3) is 0.364. The van der Waals surface area contributed by atoms with Crippen molar-refractivity contribution in [3.05, 3.63) is 52.4 Å². The number of thiophene rings is 1. The minimum absolute atomic E-state index is 0.0229. The van der Waals surface area contributed by atoms with Gasteiger partial charge < -0.3 is 9.64 Å². The molecule has 0 unspecified atom stereocenters. The SMILES string of the molecule is O=C1CCCCN1Cc1csc(N2C[C@H](CN3C(=O)c4ccccc4C3=O)OC2=O)c1. The van der Waals surface area contributed by atoms with Crippen molar-refractivity contribution in [2.24, 2.45) is 0 Å². The summed E-state index contributed by atoms with van der Waals surface area (Å²) in [6.45, 7) is 1.58.